The van der Waals surface area contributed by atoms with Gasteiger partial charge in [-0.3, -0.25) is 0 Å². The van der Waals surface area contributed by atoms with Crippen LogP contribution in [-0.2, 0) is 6.18 Å². The van der Waals surface area contributed by atoms with E-state index in [1.807, 2.05) is 6.08 Å². The Morgan fingerprint density at radius 2 is 1.94 bits per heavy atom. The van der Waals surface area contributed by atoms with Gasteiger partial charge in [-0.25, -0.2) is 0 Å². The summed E-state index contributed by atoms with van der Waals surface area (Å²) in [5.74, 6) is 0. The van der Waals surface area contributed by atoms with Gasteiger partial charge in [0.05, 0.1) is 17.2 Å². The number of allylic oxidation sites excluding steroid dienone is 2. The van der Waals surface area contributed by atoms with Gasteiger partial charge in [0.1, 0.15) is 0 Å². The van der Waals surface area contributed by atoms with Crippen LogP contribution < -0.4 is 0 Å². The maximum atomic E-state index is 12.8. The van der Waals surface area contributed by atoms with Gasteiger partial charge in [0.15, 0.2) is 0 Å². The van der Waals surface area contributed by atoms with Gasteiger partial charge in [0.2, 0.25) is 0 Å². The van der Waals surface area contributed by atoms with Crippen LogP contribution in [0.15, 0.2) is 24.3 Å². The monoisotopic (exact) mass is 251 g/mol. The first-order valence-corrected chi connectivity index (χ1v) is 5.83. The van der Waals surface area contributed by atoms with Gasteiger partial charge in [-0.1, -0.05) is 12.1 Å². The Morgan fingerprint density at radius 3 is 2.50 bits per heavy atom. The van der Waals surface area contributed by atoms with Gasteiger partial charge in [0, 0.05) is 0 Å². The molecule has 0 spiro atoms. The number of nitriles is 1. The van der Waals surface area contributed by atoms with E-state index in [2.05, 4.69) is 0 Å². The molecular formula is C14H12F3N. The second kappa shape index (κ2) is 4.85. The normalized spacial score (nSPS) is 16.0. The zero-order chi connectivity index (χ0) is 13.2. The fourth-order valence-electron chi connectivity index (χ4n) is 2.18. The minimum absolute atomic E-state index is 0.317. The highest BCUT2D eigenvalue weighted by Crippen LogP contribution is 2.35. The molecule has 0 saturated heterocycles. The first-order chi connectivity index (χ1) is 8.52. The lowest BCUT2D eigenvalue weighted by molar-refractivity contribution is -0.137. The van der Waals surface area contributed by atoms with Crippen LogP contribution in [0, 0.1) is 11.3 Å². The van der Waals surface area contributed by atoms with Crippen LogP contribution in [0.4, 0.5) is 13.2 Å². The Balaban J connectivity index is 2.47. The summed E-state index contributed by atoms with van der Waals surface area (Å²) in [5.41, 5.74) is 0.383. The van der Waals surface area contributed by atoms with Crippen molar-refractivity contribution < 1.29 is 13.2 Å². The van der Waals surface area contributed by atoms with E-state index < -0.39 is 11.7 Å². The topological polar surface area (TPSA) is 23.8 Å². The van der Waals surface area contributed by atoms with Crippen molar-refractivity contribution in [2.75, 3.05) is 0 Å². The maximum absolute atomic E-state index is 12.8. The minimum Gasteiger partial charge on any atom is -0.192 e. The summed E-state index contributed by atoms with van der Waals surface area (Å²) in [6.45, 7) is 0. The lowest BCUT2D eigenvalue weighted by Crippen LogP contribution is -2.08. The van der Waals surface area contributed by atoms with Crippen LogP contribution in [-0.4, -0.2) is 0 Å². The molecule has 0 amide bonds. The number of hydrogen-bond acceptors (Lipinski definition) is 1. The van der Waals surface area contributed by atoms with Crippen molar-refractivity contribution in [3.05, 3.63) is 41.0 Å². The van der Waals surface area contributed by atoms with Crippen LogP contribution in [0.25, 0.3) is 5.57 Å². The van der Waals surface area contributed by atoms with Crippen LogP contribution >= 0.6 is 0 Å². The van der Waals surface area contributed by atoms with Crippen molar-refractivity contribution >= 4 is 5.57 Å². The summed E-state index contributed by atoms with van der Waals surface area (Å²) >= 11 is 0. The molecular weight excluding hydrogens is 239 g/mol. The fourth-order valence-corrected chi connectivity index (χ4v) is 2.18. The molecule has 2 rings (SSSR count). The molecule has 0 heterocycles. The average molecular weight is 251 g/mol. The summed E-state index contributed by atoms with van der Waals surface area (Å²) in [4.78, 5) is 0. The van der Waals surface area contributed by atoms with Gasteiger partial charge < -0.3 is 0 Å². The van der Waals surface area contributed by atoms with Crippen molar-refractivity contribution in [1.29, 1.82) is 5.26 Å². The molecule has 0 fully saturated rings. The third kappa shape index (κ3) is 2.56. The molecule has 0 saturated carbocycles. The standard InChI is InChI=1S/C14H12F3N/c15-14(16,17)13-8-11(6-7-12(13)9-18)10-4-2-1-3-5-10/h4,6-8H,1-3,5H2. The summed E-state index contributed by atoms with van der Waals surface area (Å²) in [6, 6.07) is 5.55. The zero-order valence-electron chi connectivity index (χ0n) is 9.72. The summed E-state index contributed by atoms with van der Waals surface area (Å²) < 4.78 is 38.4. The molecule has 0 unspecified atom stereocenters. The van der Waals surface area contributed by atoms with Crippen molar-refractivity contribution in [3.63, 3.8) is 0 Å². The molecule has 4 heteroatoms. The number of rotatable bonds is 1. The molecule has 0 N–H and O–H groups in total. The number of halogens is 3. The Kier molecular flexibility index (Phi) is 3.42. The highest BCUT2D eigenvalue weighted by molar-refractivity contribution is 5.68. The molecule has 1 aliphatic rings. The number of benzene rings is 1. The molecule has 0 bridgehead atoms. The molecule has 0 radical (unpaired) electrons. The predicted molar refractivity (Wildman–Crippen MR) is 62.6 cm³/mol. The van der Waals surface area contributed by atoms with Crippen molar-refractivity contribution in [2.24, 2.45) is 0 Å². The lowest BCUT2D eigenvalue weighted by Gasteiger charge is -2.15. The third-order valence-corrected chi connectivity index (χ3v) is 3.11. The molecule has 1 aliphatic carbocycles. The number of nitrogens with zero attached hydrogens (tertiary/aromatic N) is 1. The van der Waals surface area contributed by atoms with E-state index in [0.717, 1.165) is 37.3 Å². The second-order valence-electron chi connectivity index (χ2n) is 4.35. The van der Waals surface area contributed by atoms with Gasteiger partial charge >= 0.3 is 6.18 Å². The molecule has 1 aromatic carbocycles. The Bertz CT molecular complexity index is 521. The minimum atomic E-state index is -4.48. The lowest BCUT2D eigenvalue weighted by atomic mass is 9.91. The average Bonchev–Trinajstić information content (AvgIpc) is 2.38. The third-order valence-electron chi connectivity index (χ3n) is 3.11. The molecule has 18 heavy (non-hydrogen) atoms. The smallest absolute Gasteiger partial charge is 0.192 e. The van der Waals surface area contributed by atoms with Crippen LogP contribution in [0.5, 0.6) is 0 Å². The van der Waals surface area contributed by atoms with Gasteiger partial charge in [-0.2, -0.15) is 18.4 Å². The van der Waals surface area contributed by atoms with Crippen molar-refractivity contribution in [3.8, 4) is 6.07 Å². The fraction of sp³-hybridized carbons (Fsp3) is 0.357. The van der Waals surface area contributed by atoms with E-state index in [1.165, 1.54) is 6.07 Å². The molecule has 1 nitrogen and oxygen atoms in total. The molecule has 0 atom stereocenters. The molecule has 1 aromatic rings. The van der Waals surface area contributed by atoms with Crippen LogP contribution in [0.1, 0.15) is 42.4 Å². The highest BCUT2D eigenvalue weighted by atomic mass is 19.4. The van der Waals surface area contributed by atoms with E-state index in [1.54, 1.807) is 12.1 Å². The van der Waals surface area contributed by atoms with E-state index in [0.29, 0.717) is 5.56 Å². The van der Waals surface area contributed by atoms with Gasteiger partial charge in [-0.15, -0.1) is 0 Å². The van der Waals surface area contributed by atoms with Gasteiger partial charge in [0.25, 0.3) is 0 Å². The van der Waals surface area contributed by atoms with Crippen molar-refractivity contribution in [1.82, 2.24) is 0 Å². The highest BCUT2D eigenvalue weighted by Gasteiger charge is 2.34. The molecule has 94 valence electrons. The number of alkyl halides is 3. The molecule has 0 aromatic heterocycles. The number of hydrogen-bond donors (Lipinski definition) is 0. The Morgan fingerprint density at radius 1 is 1.17 bits per heavy atom. The Hall–Kier alpha value is -1.76. The SMILES string of the molecule is N#Cc1ccc(C2=CCCCC2)cc1C(F)(F)F. The summed E-state index contributed by atoms with van der Waals surface area (Å²) in [5, 5.41) is 8.72. The van der Waals surface area contributed by atoms with E-state index in [4.69, 9.17) is 5.26 Å². The molecule has 0 aliphatic heterocycles. The van der Waals surface area contributed by atoms with E-state index in [-0.39, 0.29) is 5.56 Å². The first-order valence-electron chi connectivity index (χ1n) is 5.83. The summed E-state index contributed by atoms with van der Waals surface area (Å²) in [7, 11) is 0. The maximum Gasteiger partial charge on any atom is 0.417 e. The van der Waals surface area contributed by atoms with E-state index >= 15 is 0 Å². The Labute approximate surface area is 104 Å². The first kappa shape index (κ1) is 12.7. The van der Waals surface area contributed by atoms with Crippen LogP contribution in [0.2, 0.25) is 0 Å². The zero-order valence-corrected chi connectivity index (χ0v) is 9.72. The largest absolute Gasteiger partial charge is 0.417 e. The predicted octanol–water partition coefficient (Wildman–Crippen LogP) is 4.53. The second-order valence-corrected chi connectivity index (χ2v) is 4.35. The van der Waals surface area contributed by atoms with Crippen LogP contribution in [0.3, 0.4) is 0 Å². The quantitative estimate of drug-likeness (QED) is 0.719. The van der Waals surface area contributed by atoms with Crippen molar-refractivity contribution in [2.45, 2.75) is 31.9 Å². The van der Waals surface area contributed by atoms with Gasteiger partial charge in [-0.05, 0) is 49.0 Å². The summed E-state index contributed by atoms with van der Waals surface area (Å²) in [6.07, 6.45) is 1.33. The van der Waals surface area contributed by atoms with E-state index in [9.17, 15) is 13.2 Å².